The molecule has 0 aliphatic carbocycles. The van der Waals surface area contributed by atoms with Gasteiger partial charge in [0.15, 0.2) is 5.96 Å². The van der Waals surface area contributed by atoms with Gasteiger partial charge in [0.1, 0.15) is 5.75 Å². The van der Waals surface area contributed by atoms with Crippen molar-refractivity contribution in [2.24, 2.45) is 10.7 Å². The van der Waals surface area contributed by atoms with E-state index < -0.39 is 6.36 Å². The Kier molecular flexibility index (Phi) is 7.80. The van der Waals surface area contributed by atoms with E-state index in [0.717, 1.165) is 18.8 Å². The summed E-state index contributed by atoms with van der Waals surface area (Å²) in [6.07, 6.45) is -4.42. The molecule has 1 aliphatic rings. The third-order valence-corrected chi connectivity index (χ3v) is 4.99. The summed E-state index contributed by atoms with van der Waals surface area (Å²) in [4.78, 5) is 20.7. The number of carbonyl (C=O) groups excluding carboxylic acids is 1. The Morgan fingerprint density at radius 2 is 1.69 bits per heavy atom. The van der Waals surface area contributed by atoms with Crippen LogP contribution in [-0.2, 0) is 11.3 Å². The molecule has 2 aromatic carbocycles. The Hall–Kier alpha value is -3.43. The number of piperazine rings is 1. The highest BCUT2D eigenvalue weighted by Gasteiger charge is 2.30. The number of alkyl halides is 3. The van der Waals surface area contributed by atoms with Crippen molar-refractivity contribution in [3.63, 3.8) is 0 Å². The standard InChI is InChI=1S/C22H26F3N5O2/c23-22(24,25)32-19-8-6-17(7-9-19)16-28-21(26)27-11-10-20(31)30-14-12-29(13-15-30)18-4-2-1-3-5-18/h1-9H,10-16H2,(H3,26,27,28). The van der Waals surface area contributed by atoms with Crippen LogP contribution < -0.4 is 20.7 Å². The van der Waals surface area contributed by atoms with E-state index in [1.165, 1.54) is 24.3 Å². The molecular weight excluding hydrogens is 423 g/mol. The molecule has 1 amide bonds. The number of para-hydroxylation sites is 1. The van der Waals surface area contributed by atoms with Gasteiger partial charge in [0.25, 0.3) is 0 Å². The molecule has 3 N–H and O–H groups in total. The van der Waals surface area contributed by atoms with E-state index in [0.29, 0.717) is 31.6 Å². The SMILES string of the molecule is NC(=NCc1ccc(OC(F)(F)F)cc1)NCCC(=O)N1CCN(c2ccccc2)CC1. The molecule has 0 unspecified atom stereocenters. The highest BCUT2D eigenvalue weighted by molar-refractivity contribution is 5.80. The first-order valence-electron chi connectivity index (χ1n) is 10.3. The number of hydrogen-bond acceptors (Lipinski definition) is 4. The van der Waals surface area contributed by atoms with Crippen LogP contribution in [0.4, 0.5) is 18.9 Å². The number of ether oxygens (including phenoxy) is 1. The van der Waals surface area contributed by atoms with Gasteiger partial charge in [0.05, 0.1) is 6.54 Å². The molecule has 1 heterocycles. The molecule has 0 aromatic heterocycles. The van der Waals surface area contributed by atoms with Gasteiger partial charge in [-0.3, -0.25) is 4.79 Å². The van der Waals surface area contributed by atoms with Gasteiger partial charge in [-0.25, -0.2) is 4.99 Å². The van der Waals surface area contributed by atoms with Crippen molar-refractivity contribution in [3.8, 4) is 5.75 Å². The molecule has 172 valence electrons. The monoisotopic (exact) mass is 449 g/mol. The van der Waals surface area contributed by atoms with Gasteiger partial charge >= 0.3 is 6.36 Å². The quantitative estimate of drug-likeness (QED) is 0.502. The fourth-order valence-corrected chi connectivity index (χ4v) is 3.34. The topological polar surface area (TPSA) is 83.2 Å². The molecule has 3 rings (SSSR count). The van der Waals surface area contributed by atoms with Gasteiger partial charge in [0.2, 0.25) is 5.91 Å². The molecule has 2 aromatic rings. The number of nitrogens with one attached hydrogen (secondary N) is 1. The predicted octanol–water partition coefficient (Wildman–Crippen LogP) is 2.73. The number of rotatable bonds is 7. The summed E-state index contributed by atoms with van der Waals surface area (Å²) in [6, 6.07) is 15.5. The Bertz CT molecular complexity index is 896. The van der Waals surface area contributed by atoms with E-state index in [-0.39, 0.29) is 24.2 Å². The molecular formula is C22H26F3N5O2. The van der Waals surface area contributed by atoms with Gasteiger partial charge < -0.3 is 25.6 Å². The van der Waals surface area contributed by atoms with Crippen molar-refractivity contribution in [2.75, 3.05) is 37.6 Å². The second-order valence-electron chi connectivity index (χ2n) is 7.27. The Labute approximate surface area is 184 Å². The lowest BCUT2D eigenvalue weighted by Gasteiger charge is -2.36. The van der Waals surface area contributed by atoms with Crippen LogP contribution in [0.3, 0.4) is 0 Å². The number of guanidine groups is 1. The van der Waals surface area contributed by atoms with E-state index in [1.54, 1.807) is 0 Å². The number of aliphatic imine (C=N–C) groups is 1. The summed E-state index contributed by atoms with van der Waals surface area (Å²) in [6.45, 7) is 3.47. The van der Waals surface area contributed by atoms with E-state index in [2.05, 4.69) is 32.1 Å². The van der Waals surface area contributed by atoms with Crippen LogP contribution in [-0.4, -0.2) is 55.9 Å². The highest BCUT2D eigenvalue weighted by Crippen LogP contribution is 2.22. The van der Waals surface area contributed by atoms with Crippen LogP contribution in [0.25, 0.3) is 0 Å². The minimum atomic E-state index is -4.72. The summed E-state index contributed by atoms with van der Waals surface area (Å²) in [5.41, 5.74) is 7.65. The number of nitrogens with zero attached hydrogens (tertiary/aromatic N) is 3. The Balaban J connectivity index is 1.36. The summed E-state index contributed by atoms with van der Waals surface area (Å²) in [5, 5.41) is 2.90. The summed E-state index contributed by atoms with van der Waals surface area (Å²) in [7, 11) is 0. The lowest BCUT2D eigenvalue weighted by Crippen LogP contribution is -2.49. The maximum absolute atomic E-state index is 12.4. The molecule has 7 nitrogen and oxygen atoms in total. The third kappa shape index (κ3) is 7.36. The minimum Gasteiger partial charge on any atom is -0.406 e. The summed E-state index contributed by atoms with van der Waals surface area (Å²) >= 11 is 0. The number of nitrogens with two attached hydrogens (primary N) is 1. The van der Waals surface area contributed by atoms with Crippen molar-refractivity contribution in [1.29, 1.82) is 0 Å². The van der Waals surface area contributed by atoms with Gasteiger partial charge in [-0.2, -0.15) is 0 Å². The van der Waals surface area contributed by atoms with Crippen LogP contribution in [0.5, 0.6) is 5.75 Å². The van der Waals surface area contributed by atoms with Crippen LogP contribution >= 0.6 is 0 Å². The largest absolute Gasteiger partial charge is 0.573 e. The van der Waals surface area contributed by atoms with E-state index in [1.807, 2.05) is 23.1 Å². The van der Waals surface area contributed by atoms with Gasteiger partial charge in [-0.05, 0) is 29.8 Å². The highest BCUT2D eigenvalue weighted by atomic mass is 19.4. The molecule has 0 bridgehead atoms. The normalized spacial score (nSPS) is 14.9. The van der Waals surface area contributed by atoms with E-state index >= 15 is 0 Å². The van der Waals surface area contributed by atoms with Gasteiger partial charge in [-0.15, -0.1) is 13.2 Å². The molecule has 1 aliphatic heterocycles. The van der Waals surface area contributed by atoms with Crippen LogP contribution in [0, 0.1) is 0 Å². The van der Waals surface area contributed by atoms with Crippen molar-refractivity contribution in [2.45, 2.75) is 19.3 Å². The van der Waals surface area contributed by atoms with Gasteiger partial charge in [0, 0.05) is 44.8 Å². The summed E-state index contributed by atoms with van der Waals surface area (Å²) in [5.74, 6) is -0.0694. The number of carbonyl (C=O) groups is 1. The first-order valence-corrected chi connectivity index (χ1v) is 10.3. The third-order valence-electron chi connectivity index (χ3n) is 4.99. The fraction of sp³-hybridized carbons (Fsp3) is 0.364. The fourth-order valence-electron chi connectivity index (χ4n) is 3.34. The van der Waals surface area contributed by atoms with Crippen molar-refractivity contribution >= 4 is 17.6 Å². The van der Waals surface area contributed by atoms with Crippen molar-refractivity contribution in [3.05, 3.63) is 60.2 Å². The zero-order valence-corrected chi connectivity index (χ0v) is 17.5. The molecule has 1 fully saturated rings. The average Bonchev–Trinajstić information content (AvgIpc) is 2.78. The maximum Gasteiger partial charge on any atom is 0.573 e. The smallest absolute Gasteiger partial charge is 0.406 e. The molecule has 0 spiro atoms. The molecule has 1 saturated heterocycles. The number of amides is 1. The maximum atomic E-state index is 12.4. The molecule has 32 heavy (non-hydrogen) atoms. The first kappa shape index (κ1) is 23.2. The minimum absolute atomic E-state index is 0.0539. The average molecular weight is 449 g/mol. The lowest BCUT2D eigenvalue weighted by atomic mass is 10.2. The zero-order valence-electron chi connectivity index (χ0n) is 17.5. The van der Waals surface area contributed by atoms with Crippen molar-refractivity contribution in [1.82, 2.24) is 10.2 Å². The molecule has 10 heteroatoms. The number of anilines is 1. The lowest BCUT2D eigenvalue weighted by molar-refractivity contribution is -0.274. The number of benzene rings is 2. The molecule has 0 saturated carbocycles. The predicted molar refractivity (Wildman–Crippen MR) is 116 cm³/mol. The van der Waals surface area contributed by atoms with Crippen molar-refractivity contribution < 1.29 is 22.7 Å². The van der Waals surface area contributed by atoms with Crippen LogP contribution in [0.2, 0.25) is 0 Å². The Morgan fingerprint density at radius 1 is 1.03 bits per heavy atom. The second-order valence-corrected chi connectivity index (χ2v) is 7.27. The molecule has 0 radical (unpaired) electrons. The van der Waals surface area contributed by atoms with E-state index in [9.17, 15) is 18.0 Å². The summed E-state index contributed by atoms with van der Waals surface area (Å²) < 4.78 is 40.4. The van der Waals surface area contributed by atoms with Crippen LogP contribution in [0.1, 0.15) is 12.0 Å². The number of hydrogen-bond donors (Lipinski definition) is 2. The van der Waals surface area contributed by atoms with Gasteiger partial charge in [-0.1, -0.05) is 30.3 Å². The van der Waals surface area contributed by atoms with E-state index in [4.69, 9.17) is 5.73 Å². The Morgan fingerprint density at radius 3 is 2.31 bits per heavy atom. The van der Waals surface area contributed by atoms with Crippen LogP contribution in [0.15, 0.2) is 59.6 Å². The number of halogens is 3. The first-order chi connectivity index (χ1) is 15.3. The second kappa shape index (κ2) is 10.7. The zero-order chi connectivity index (χ0) is 23.0. The molecule has 0 atom stereocenters.